The zero-order valence-corrected chi connectivity index (χ0v) is 9.91. The van der Waals surface area contributed by atoms with Crippen LogP contribution in [0.15, 0.2) is 18.2 Å². The molecule has 1 aromatic carbocycles. The Labute approximate surface area is 99.2 Å². The molecule has 3 nitrogen and oxygen atoms in total. The van der Waals surface area contributed by atoms with Crippen LogP contribution in [-0.4, -0.2) is 29.9 Å². The second-order valence-corrected chi connectivity index (χ2v) is 3.98. The fraction of sp³-hybridized carbons (Fsp3) is 0.417. The van der Waals surface area contributed by atoms with E-state index in [1.165, 1.54) is 17.0 Å². The van der Waals surface area contributed by atoms with Gasteiger partial charge in [0.1, 0.15) is 0 Å². The Hall–Kier alpha value is -1.49. The van der Waals surface area contributed by atoms with E-state index in [0.717, 1.165) is 6.07 Å². The van der Waals surface area contributed by atoms with Crippen molar-refractivity contribution in [2.24, 2.45) is 5.73 Å². The maximum Gasteiger partial charge on any atom is 0.257 e. The van der Waals surface area contributed by atoms with Crippen LogP contribution in [0.3, 0.4) is 0 Å². The van der Waals surface area contributed by atoms with Crippen LogP contribution >= 0.6 is 0 Å². The first-order valence-corrected chi connectivity index (χ1v) is 5.44. The second-order valence-electron chi connectivity index (χ2n) is 3.98. The number of hydrogen-bond donors (Lipinski definition) is 1. The topological polar surface area (TPSA) is 46.3 Å². The highest BCUT2D eigenvalue weighted by molar-refractivity contribution is 5.94. The molecule has 0 fully saturated rings. The van der Waals surface area contributed by atoms with Crippen molar-refractivity contribution in [3.05, 3.63) is 35.4 Å². The molecular weight excluding hydrogens is 226 g/mol. The van der Waals surface area contributed by atoms with Gasteiger partial charge in [-0.25, -0.2) is 8.78 Å². The number of nitrogens with zero attached hydrogens (tertiary/aromatic N) is 1. The van der Waals surface area contributed by atoms with Crippen LogP contribution in [0.2, 0.25) is 0 Å². The van der Waals surface area contributed by atoms with Crippen molar-refractivity contribution in [2.75, 3.05) is 13.1 Å². The van der Waals surface area contributed by atoms with E-state index in [1.54, 1.807) is 13.8 Å². The molecule has 5 heteroatoms. The largest absolute Gasteiger partial charge is 0.335 e. The summed E-state index contributed by atoms with van der Waals surface area (Å²) >= 11 is 0. The van der Waals surface area contributed by atoms with Gasteiger partial charge in [-0.1, -0.05) is 6.07 Å². The molecule has 0 radical (unpaired) electrons. The van der Waals surface area contributed by atoms with E-state index in [2.05, 4.69) is 0 Å². The van der Waals surface area contributed by atoms with Crippen LogP contribution in [0.4, 0.5) is 8.78 Å². The van der Waals surface area contributed by atoms with Gasteiger partial charge in [-0.15, -0.1) is 0 Å². The van der Waals surface area contributed by atoms with Crippen molar-refractivity contribution in [3.8, 4) is 0 Å². The van der Waals surface area contributed by atoms with Crippen molar-refractivity contribution in [2.45, 2.75) is 19.9 Å². The van der Waals surface area contributed by atoms with Crippen LogP contribution < -0.4 is 5.73 Å². The van der Waals surface area contributed by atoms with Gasteiger partial charge in [0.15, 0.2) is 11.6 Å². The van der Waals surface area contributed by atoms with E-state index in [9.17, 15) is 13.6 Å². The average molecular weight is 242 g/mol. The van der Waals surface area contributed by atoms with Gasteiger partial charge in [-0.05, 0) is 26.0 Å². The van der Waals surface area contributed by atoms with Gasteiger partial charge < -0.3 is 10.6 Å². The molecule has 1 aromatic rings. The Balaban J connectivity index is 3.05. The Kier molecular flexibility index (Phi) is 4.57. The maximum absolute atomic E-state index is 13.5. The Morgan fingerprint density at radius 2 is 2.06 bits per heavy atom. The van der Waals surface area contributed by atoms with Crippen molar-refractivity contribution >= 4 is 5.91 Å². The molecule has 0 saturated carbocycles. The number of carbonyl (C=O) groups is 1. The third-order valence-electron chi connectivity index (χ3n) is 2.44. The Morgan fingerprint density at radius 3 is 2.59 bits per heavy atom. The summed E-state index contributed by atoms with van der Waals surface area (Å²) in [4.78, 5) is 13.4. The fourth-order valence-electron chi connectivity index (χ4n) is 1.56. The molecule has 2 N–H and O–H groups in total. The molecule has 0 aliphatic carbocycles. The van der Waals surface area contributed by atoms with Crippen LogP contribution in [-0.2, 0) is 0 Å². The van der Waals surface area contributed by atoms with Gasteiger partial charge in [0.25, 0.3) is 5.91 Å². The molecular formula is C12H16F2N2O. The monoisotopic (exact) mass is 242 g/mol. The minimum absolute atomic E-state index is 0.117. The average Bonchev–Trinajstić information content (AvgIpc) is 2.28. The normalized spacial score (nSPS) is 10.7. The summed E-state index contributed by atoms with van der Waals surface area (Å²) in [6, 6.07) is 3.45. The highest BCUT2D eigenvalue weighted by Gasteiger charge is 2.22. The summed E-state index contributed by atoms with van der Waals surface area (Å²) in [5.41, 5.74) is 5.13. The summed E-state index contributed by atoms with van der Waals surface area (Å²) in [7, 11) is 0. The van der Waals surface area contributed by atoms with E-state index in [1.807, 2.05) is 0 Å². The highest BCUT2D eigenvalue weighted by atomic mass is 19.2. The van der Waals surface area contributed by atoms with E-state index in [4.69, 9.17) is 5.73 Å². The summed E-state index contributed by atoms with van der Waals surface area (Å²) in [5, 5.41) is 0. The van der Waals surface area contributed by atoms with E-state index >= 15 is 0 Å². The molecule has 0 saturated heterocycles. The van der Waals surface area contributed by atoms with Gasteiger partial charge in [-0.3, -0.25) is 4.79 Å². The SMILES string of the molecule is CC(C)N(CCN)C(=O)c1cccc(F)c1F. The number of amides is 1. The lowest BCUT2D eigenvalue weighted by atomic mass is 10.1. The second kappa shape index (κ2) is 5.72. The van der Waals surface area contributed by atoms with E-state index < -0.39 is 17.5 Å². The molecule has 0 spiro atoms. The fourth-order valence-corrected chi connectivity index (χ4v) is 1.56. The lowest BCUT2D eigenvalue weighted by Crippen LogP contribution is -2.40. The first kappa shape index (κ1) is 13.6. The predicted octanol–water partition coefficient (Wildman–Crippen LogP) is 1.77. The number of nitrogens with two attached hydrogens (primary N) is 1. The number of halogens is 2. The van der Waals surface area contributed by atoms with Gasteiger partial charge in [0, 0.05) is 19.1 Å². The Morgan fingerprint density at radius 1 is 1.41 bits per heavy atom. The lowest BCUT2D eigenvalue weighted by molar-refractivity contribution is 0.0706. The molecule has 0 aliphatic rings. The summed E-state index contributed by atoms with van der Waals surface area (Å²) in [6.45, 7) is 4.18. The molecule has 0 bridgehead atoms. The zero-order valence-electron chi connectivity index (χ0n) is 9.91. The molecule has 94 valence electrons. The Bertz CT molecular complexity index is 407. The van der Waals surface area contributed by atoms with Crippen molar-refractivity contribution in [1.29, 1.82) is 0 Å². The minimum Gasteiger partial charge on any atom is -0.335 e. The summed E-state index contributed by atoms with van der Waals surface area (Å²) in [5.74, 6) is -2.67. The molecule has 0 heterocycles. The number of benzene rings is 1. The summed E-state index contributed by atoms with van der Waals surface area (Å²) < 4.78 is 26.5. The molecule has 1 rings (SSSR count). The van der Waals surface area contributed by atoms with Crippen molar-refractivity contribution in [3.63, 3.8) is 0 Å². The third-order valence-corrected chi connectivity index (χ3v) is 2.44. The van der Waals surface area contributed by atoms with Crippen LogP contribution in [0.5, 0.6) is 0 Å². The third kappa shape index (κ3) is 3.00. The summed E-state index contributed by atoms with van der Waals surface area (Å²) in [6.07, 6.45) is 0. The van der Waals surface area contributed by atoms with E-state index in [-0.39, 0.29) is 18.2 Å². The predicted molar refractivity (Wildman–Crippen MR) is 61.6 cm³/mol. The maximum atomic E-state index is 13.5. The number of rotatable bonds is 4. The number of hydrogen-bond acceptors (Lipinski definition) is 2. The van der Waals surface area contributed by atoms with Gasteiger partial charge in [0.2, 0.25) is 0 Å². The van der Waals surface area contributed by atoms with Gasteiger partial charge >= 0.3 is 0 Å². The highest BCUT2D eigenvalue weighted by Crippen LogP contribution is 2.15. The van der Waals surface area contributed by atoms with Crippen LogP contribution in [0, 0.1) is 11.6 Å². The van der Waals surface area contributed by atoms with Crippen LogP contribution in [0.1, 0.15) is 24.2 Å². The first-order chi connectivity index (χ1) is 7.99. The molecule has 0 aliphatic heterocycles. The van der Waals surface area contributed by atoms with Crippen molar-refractivity contribution in [1.82, 2.24) is 4.90 Å². The quantitative estimate of drug-likeness (QED) is 0.874. The molecule has 0 aromatic heterocycles. The van der Waals surface area contributed by atoms with Crippen LogP contribution in [0.25, 0.3) is 0 Å². The molecule has 0 unspecified atom stereocenters. The number of carbonyl (C=O) groups excluding carboxylic acids is 1. The molecule has 0 atom stereocenters. The van der Waals surface area contributed by atoms with Gasteiger partial charge in [-0.2, -0.15) is 0 Å². The first-order valence-electron chi connectivity index (χ1n) is 5.44. The van der Waals surface area contributed by atoms with E-state index in [0.29, 0.717) is 6.54 Å². The molecule has 17 heavy (non-hydrogen) atoms. The lowest BCUT2D eigenvalue weighted by Gasteiger charge is -2.26. The van der Waals surface area contributed by atoms with Crippen molar-refractivity contribution < 1.29 is 13.6 Å². The van der Waals surface area contributed by atoms with Gasteiger partial charge in [0.05, 0.1) is 5.56 Å². The minimum atomic E-state index is -1.11. The smallest absolute Gasteiger partial charge is 0.257 e. The zero-order chi connectivity index (χ0) is 13.0. The molecule has 1 amide bonds. The standard InChI is InChI=1S/C12H16F2N2O/c1-8(2)16(7-6-15)12(17)9-4-3-5-10(13)11(9)14/h3-5,8H,6-7,15H2,1-2H3.